The summed E-state index contributed by atoms with van der Waals surface area (Å²) < 4.78 is 0. The number of benzene rings is 1. The molecular formula is C16H15N5. The zero-order valence-electron chi connectivity index (χ0n) is 11.4. The average molecular weight is 277 g/mol. The lowest BCUT2D eigenvalue weighted by Crippen LogP contribution is -2.06. The third-order valence-corrected chi connectivity index (χ3v) is 2.99. The van der Waals surface area contributed by atoms with E-state index in [4.69, 9.17) is 5.73 Å². The van der Waals surface area contributed by atoms with Crippen molar-refractivity contribution in [2.45, 2.75) is 6.54 Å². The Labute approximate surface area is 122 Å². The van der Waals surface area contributed by atoms with Gasteiger partial charge in [0.15, 0.2) is 0 Å². The minimum atomic E-state index is 0.442. The summed E-state index contributed by atoms with van der Waals surface area (Å²) in [5.41, 5.74) is 8.74. The highest BCUT2D eigenvalue weighted by atomic mass is 15.1. The number of aromatic nitrogens is 3. The van der Waals surface area contributed by atoms with Crippen LogP contribution in [0, 0.1) is 0 Å². The van der Waals surface area contributed by atoms with E-state index < -0.39 is 0 Å². The smallest absolute Gasteiger partial charge is 0.225 e. The van der Waals surface area contributed by atoms with Crippen LogP contribution in [0.3, 0.4) is 0 Å². The summed E-state index contributed by atoms with van der Waals surface area (Å²) >= 11 is 0. The Balaban J connectivity index is 1.82. The molecule has 2 aromatic heterocycles. The van der Waals surface area contributed by atoms with Crippen LogP contribution in [0.2, 0.25) is 0 Å². The van der Waals surface area contributed by atoms with Gasteiger partial charge in [-0.25, -0.2) is 4.98 Å². The fourth-order valence-corrected chi connectivity index (χ4v) is 1.99. The number of nitrogens with zero attached hydrogens (tertiary/aromatic N) is 3. The Morgan fingerprint density at radius 2 is 1.86 bits per heavy atom. The van der Waals surface area contributed by atoms with Crippen LogP contribution in [0.25, 0.3) is 11.3 Å². The van der Waals surface area contributed by atoms with E-state index >= 15 is 0 Å². The van der Waals surface area contributed by atoms with Crippen LogP contribution in [0.1, 0.15) is 5.56 Å². The lowest BCUT2D eigenvalue weighted by Gasteiger charge is -2.08. The maximum atomic E-state index is 5.86. The number of nitrogens with two attached hydrogens (primary N) is 1. The topological polar surface area (TPSA) is 76.7 Å². The molecule has 5 heteroatoms. The number of pyridine rings is 1. The van der Waals surface area contributed by atoms with Crippen molar-refractivity contribution in [2.24, 2.45) is 0 Å². The van der Waals surface area contributed by atoms with Gasteiger partial charge < -0.3 is 11.1 Å². The molecule has 3 rings (SSSR count). The van der Waals surface area contributed by atoms with Gasteiger partial charge in [0.2, 0.25) is 5.95 Å². The van der Waals surface area contributed by atoms with Crippen molar-refractivity contribution in [1.29, 1.82) is 0 Å². The third kappa shape index (κ3) is 3.33. The van der Waals surface area contributed by atoms with Crippen LogP contribution in [0.5, 0.6) is 0 Å². The van der Waals surface area contributed by atoms with Gasteiger partial charge in [0.25, 0.3) is 0 Å². The van der Waals surface area contributed by atoms with E-state index in [0.717, 1.165) is 16.8 Å². The van der Waals surface area contributed by atoms with Crippen LogP contribution >= 0.6 is 0 Å². The first-order chi connectivity index (χ1) is 10.3. The van der Waals surface area contributed by atoms with Crippen LogP contribution in [-0.2, 0) is 6.54 Å². The summed E-state index contributed by atoms with van der Waals surface area (Å²) in [5.74, 6) is 0.954. The van der Waals surface area contributed by atoms with Crippen LogP contribution in [0.4, 0.5) is 11.8 Å². The Morgan fingerprint density at radius 1 is 1.00 bits per heavy atom. The highest BCUT2D eigenvalue weighted by Gasteiger charge is 2.04. The number of rotatable bonds is 4. The Hall–Kier alpha value is -2.95. The van der Waals surface area contributed by atoms with Crippen molar-refractivity contribution >= 4 is 11.8 Å². The molecule has 104 valence electrons. The number of hydrogen-bond donors (Lipinski definition) is 2. The third-order valence-electron chi connectivity index (χ3n) is 2.99. The standard InChI is InChI=1S/C16H15N5/c17-15-9-14(13-6-2-1-3-7-13)20-16(21-15)19-11-12-5-4-8-18-10-12/h1-10H,11H2,(H3,17,19,20,21). The fraction of sp³-hybridized carbons (Fsp3) is 0.0625. The molecular weight excluding hydrogens is 262 g/mol. The van der Waals surface area contributed by atoms with Crippen molar-refractivity contribution in [1.82, 2.24) is 15.0 Å². The summed E-state index contributed by atoms with van der Waals surface area (Å²) in [6.07, 6.45) is 3.55. The molecule has 0 saturated carbocycles. The summed E-state index contributed by atoms with van der Waals surface area (Å²) in [7, 11) is 0. The summed E-state index contributed by atoms with van der Waals surface area (Å²) in [5, 5.41) is 3.17. The molecule has 0 radical (unpaired) electrons. The molecule has 0 saturated heterocycles. The first kappa shape index (κ1) is 13.1. The number of nitrogens with one attached hydrogen (secondary N) is 1. The van der Waals surface area contributed by atoms with Gasteiger partial charge in [0.1, 0.15) is 5.82 Å². The van der Waals surface area contributed by atoms with Gasteiger partial charge in [-0.05, 0) is 11.6 Å². The monoisotopic (exact) mass is 277 g/mol. The molecule has 5 nitrogen and oxygen atoms in total. The maximum absolute atomic E-state index is 5.86. The van der Waals surface area contributed by atoms with E-state index in [1.807, 2.05) is 42.5 Å². The molecule has 0 aliphatic rings. The van der Waals surface area contributed by atoms with Crippen molar-refractivity contribution < 1.29 is 0 Å². The molecule has 0 aliphatic carbocycles. The van der Waals surface area contributed by atoms with E-state index in [9.17, 15) is 0 Å². The quantitative estimate of drug-likeness (QED) is 0.766. The SMILES string of the molecule is Nc1cc(-c2ccccc2)nc(NCc2cccnc2)n1. The molecule has 3 aromatic rings. The second-order valence-corrected chi connectivity index (χ2v) is 4.58. The summed E-state index contributed by atoms with van der Waals surface area (Å²) in [6.45, 7) is 0.603. The Morgan fingerprint density at radius 3 is 2.62 bits per heavy atom. The maximum Gasteiger partial charge on any atom is 0.225 e. The predicted octanol–water partition coefficient (Wildman–Crippen LogP) is 2.73. The van der Waals surface area contributed by atoms with Crippen molar-refractivity contribution in [2.75, 3.05) is 11.1 Å². The highest BCUT2D eigenvalue weighted by molar-refractivity contribution is 5.63. The lowest BCUT2D eigenvalue weighted by atomic mass is 10.1. The van der Waals surface area contributed by atoms with Gasteiger partial charge in [-0.2, -0.15) is 4.98 Å². The molecule has 3 N–H and O–H groups in total. The van der Waals surface area contributed by atoms with Crippen molar-refractivity contribution in [3.8, 4) is 11.3 Å². The Bertz CT molecular complexity index is 713. The van der Waals surface area contributed by atoms with Gasteiger partial charge in [0.05, 0.1) is 5.69 Å². The molecule has 0 atom stereocenters. The second-order valence-electron chi connectivity index (χ2n) is 4.58. The van der Waals surface area contributed by atoms with Gasteiger partial charge in [-0.15, -0.1) is 0 Å². The molecule has 0 spiro atoms. The molecule has 0 aliphatic heterocycles. The minimum Gasteiger partial charge on any atom is -0.384 e. The lowest BCUT2D eigenvalue weighted by molar-refractivity contribution is 1.05. The largest absolute Gasteiger partial charge is 0.384 e. The van der Waals surface area contributed by atoms with Crippen LogP contribution in [-0.4, -0.2) is 15.0 Å². The van der Waals surface area contributed by atoms with Gasteiger partial charge in [-0.1, -0.05) is 36.4 Å². The van der Waals surface area contributed by atoms with Crippen LogP contribution < -0.4 is 11.1 Å². The molecule has 0 unspecified atom stereocenters. The first-order valence-electron chi connectivity index (χ1n) is 6.64. The predicted molar refractivity (Wildman–Crippen MR) is 83.4 cm³/mol. The van der Waals surface area contributed by atoms with E-state index in [2.05, 4.69) is 20.3 Å². The average Bonchev–Trinajstić information content (AvgIpc) is 2.54. The highest BCUT2D eigenvalue weighted by Crippen LogP contribution is 2.19. The molecule has 1 aromatic carbocycles. The number of anilines is 2. The Kier molecular flexibility index (Phi) is 3.73. The first-order valence-corrected chi connectivity index (χ1v) is 6.64. The minimum absolute atomic E-state index is 0.442. The van der Waals surface area contributed by atoms with Crippen molar-refractivity contribution in [3.05, 3.63) is 66.5 Å². The van der Waals surface area contributed by atoms with E-state index in [-0.39, 0.29) is 0 Å². The van der Waals surface area contributed by atoms with Crippen LogP contribution in [0.15, 0.2) is 60.9 Å². The van der Waals surface area contributed by atoms with Crippen molar-refractivity contribution in [3.63, 3.8) is 0 Å². The molecule has 21 heavy (non-hydrogen) atoms. The zero-order valence-corrected chi connectivity index (χ0v) is 11.4. The fourth-order valence-electron chi connectivity index (χ4n) is 1.99. The molecule has 0 amide bonds. The van der Waals surface area contributed by atoms with Gasteiger partial charge >= 0.3 is 0 Å². The normalized spacial score (nSPS) is 10.3. The molecule has 2 heterocycles. The van der Waals surface area contributed by atoms with E-state index in [0.29, 0.717) is 18.3 Å². The molecule has 0 fully saturated rings. The zero-order chi connectivity index (χ0) is 14.5. The van der Waals surface area contributed by atoms with E-state index in [1.165, 1.54) is 0 Å². The number of nitrogen functional groups attached to an aromatic ring is 1. The second kappa shape index (κ2) is 6.00. The summed E-state index contributed by atoms with van der Waals surface area (Å²) in [4.78, 5) is 12.8. The molecule has 0 bridgehead atoms. The summed E-state index contributed by atoms with van der Waals surface area (Å²) in [6, 6.07) is 15.5. The number of hydrogen-bond acceptors (Lipinski definition) is 5. The van der Waals surface area contributed by atoms with Gasteiger partial charge in [-0.3, -0.25) is 4.98 Å². The van der Waals surface area contributed by atoms with E-state index in [1.54, 1.807) is 18.5 Å². The van der Waals surface area contributed by atoms with Gasteiger partial charge in [0, 0.05) is 30.6 Å².